The third kappa shape index (κ3) is 4.31. The van der Waals surface area contributed by atoms with E-state index in [1.165, 1.54) is 5.56 Å². The molecule has 1 aromatic carbocycles. The highest BCUT2D eigenvalue weighted by Gasteiger charge is 2.22. The average molecular weight is 289 g/mol. The normalized spacial score (nSPS) is 14.0. The molecule has 0 atom stereocenters. The molecule has 0 radical (unpaired) electrons. The van der Waals surface area contributed by atoms with E-state index in [1.54, 1.807) is 4.90 Å². The number of fused-ring (bicyclic) bond motifs is 1. The Kier molecular flexibility index (Phi) is 5.37. The van der Waals surface area contributed by atoms with Crippen LogP contribution in [0.2, 0.25) is 0 Å². The van der Waals surface area contributed by atoms with Crippen LogP contribution in [-0.2, 0) is 20.7 Å². The van der Waals surface area contributed by atoms with Gasteiger partial charge in [0.05, 0.1) is 0 Å². The van der Waals surface area contributed by atoms with Gasteiger partial charge in [0.25, 0.3) is 5.91 Å². The molecule has 1 amide bonds. The number of rotatable bonds is 5. The van der Waals surface area contributed by atoms with Crippen LogP contribution in [0.4, 0.5) is 5.69 Å². The van der Waals surface area contributed by atoms with E-state index >= 15 is 0 Å². The third-order valence-corrected chi connectivity index (χ3v) is 3.69. The van der Waals surface area contributed by atoms with Crippen molar-refractivity contribution in [3.8, 4) is 0 Å². The van der Waals surface area contributed by atoms with Gasteiger partial charge in [0.1, 0.15) is 0 Å². The lowest BCUT2D eigenvalue weighted by Crippen LogP contribution is -2.38. The number of carbonyl (C=O) groups excluding carboxylic acids is 2. The molecule has 0 aromatic heterocycles. The van der Waals surface area contributed by atoms with Gasteiger partial charge in [0.2, 0.25) is 0 Å². The Morgan fingerprint density at radius 3 is 2.81 bits per heavy atom. The summed E-state index contributed by atoms with van der Waals surface area (Å²) in [6.07, 6.45) is 3.11. The minimum atomic E-state index is -0.289. The quantitative estimate of drug-likeness (QED) is 0.783. The van der Waals surface area contributed by atoms with E-state index < -0.39 is 0 Å². The number of carbonyl (C=O) groups is 2. The zero-order valence-electron chi connectivity index (χ0n) is 12.8. The summed E-state index contributed by atoms with van der Waals surface area (Å²) in [7, 11) is 0. The predicted molar refractivity (Wildman–Crippen MR) is 82.1 cm³/mol. The van der Waals surface area contributed by atoms with E-state index in [0.717, 1.165) is 24.9 Å². The lowest BCUT2D eigenvalue weighted by molar-refractivity contribution is -0.148. The molecule has 0 saturated carbocycles. The number of hydrogen-bond donors (Lipinski definition) is 0. The van der Waals surface area contributed by atoms with E-state index in [1.807, 2.05) is 24.3 Å². The van der Waals surface area contributed by atoms with Crippen molar-refractivity contribution in [2.75, 3.05) is 18.1 Å². The maximum atomic E-state index is 12.3. The molecule has 2 rings (SSSR count). The van der Waals surface area contributed by atoms with Gasteiger partial charge in [-0.05, 0) is 36.8 Å². The van der Waals surface area contributed by atoms with Gasteiger partial charge in [-0.15, -0.1) is 0 Å². The third-order valence-electron chi connectivity index (χ3n) is 3.69. The van der Waals surface area contributed by atoms with Gasteiger partial charge in [0.15, 0.2) is 6.61 Å². The highest BCUT2D eigenvalue weighted by atomic mass is 16.5. The van der Waals surface area contributed by atoms with Crippen LogP contribution in [0.15, 0.2) is 24.3 Å². The Labute approximate surface area is 126 Å². The molecule has 0 N–H and O–H groups in total. The molecule has 0 bridgehead atoms. The molecule has 0 spiro atoms. The van der Waals surface area contributed by atoms with E-state index in [-0.39, 0.29) is 18.5 Å². The van der Waals surface area contributed by atoms with Crippen LogP contribution in [0.1, 0.15) is 38.7 Å². The molecule has 0 fully saturated rings. The fraction of sp³-hybridized carbons (Fsp3) is 0.529. The summed E-state index contributed by atoms with van der Waals surface area (Å²) >= 11 is 0. The van der Waals surface area contributed by atoms with Crippen molar-refractivity contribution in [3.05, 3.63) is 29.8 Å². The topological polar surface area (TPSA) is 46.6 Å². The smallest absolute Gasteiger partial charge is 0.306 e. The van der Waals surface area contributed by atoms with Gasteiger partial charge < -0.3 is 9.64 Å². The zero-order chi connectivity index (χ0) is 15.2. The largest absolute Gasteiger partial charge is 0.456 e. The SMILES string of the molecule is CC(C)CCC(=O)OCC(=O)N1CCCc2ccccc21. The monoisotopic (exact) mass is 289 g/mol. The second kappa shape index (κ2) is 7.25. The van der Waals surface area contributed by atoms with E-state index in [2.05, 4.69) is 13.8 Å². The van der Waals surface area contributed by atoms with Crippen molar-refractivity contribution in [3.63, 3.8) is 0 Å². The van der Waals surface area contributed by atoms with Gasteiger partial charge in [0, 0.05) is 18.7 Å². The van der Waals surface area contributed by atoms with Crippen LogP contribution in [0.25, 0.3) is 0 Å². The minimum absolute atomic E-state index is 0.139. The van der Waals surface area contributed by atoms with Crippen molar-refractivity contribution >= 4 is 17.6 Å². The number of anilines is 1. The lowest BCUT2D eigenvalue weighted by Gasteiger charge is -2.29. The maximum Gasteiger partial charge on any atom is 0.306 e. The summed E-state index contributed by atoms with van der Waals surface area (Å²) in [4.78, 5) is 25.6. The van der Waals surface area contributed by atoms with Crippen LogP contribution in [-0.4, -0.2) is 25.0 Å². The summed E-state index contributed by atoms with van der Waals surface area (Å²) in [5.41, 5.74) is 2.13. The fourth-order valence-electron chi connectivity index (χ4n) is 2.49. The van der Waals surface area contributed by atoms with Crippen molar-refractivity contribution < 1.29 is 14.3 Å². The second-order valence-corrected chi connectivity index (χ2v) is 5.87. The average Bonchev–Trinajstić information content (AvgIpc) is 2.50. The predicted octanol–water partition coefficient (Wildman–Crippen LogP) is 2.95. The summed E-state index contributed by atoms with van der Waals surface area (Å²) < 4.78 is 5.09. The van der Waals surface area contributed by atoms with Crippen LogP contribution in [0, 0.1) is 5.92 Å². The standard InChI is InChI=1S/C17H23NO3/c1-13(2)9-10-17(20)21-12-16(19)18-11-5-7-14-6-3-4-8-15(14)18/h3-4,6,8,13H,5,7,9-12H2,1-2H3. The molecular weight excluding hydrogens is 266 g/mol. The fourth-order valence-corrected chi connectivity index (χ4v) is 2.49. The Morgan fingerprint density at radius 1 is 1.29 bits per heavy atom. The molecule has 0 saturated heterocycles. The number of nitrogens with zero attached hydrogens (tertiary/aromatic N) is 1. The van der Waals surface area contributed by atoms with Crippen molar-refractivity contribution in [2.24, 2.45) is 5.92 Å². The summed E-state index contributed by atoms with van der Waals surface area (Å²) in [5, 5.41) is 0. The highest BCUT2D eigenvalue weighted by Crippen LogP contribution is 2.26. The molecule has 4 nitrogen and oxygen atoms in total. The Hall–Kier alpha value is -1.84. The molecule has 1 aromatic rings. The first kappa shape index (κ1) is 15.5. The lowest BCUT2D eigenvalue weighted by atomic mass is 10.0. The molecule has 1 heterocycles. The summed E-state index contributed by atoms with van der Waals surface area (Å²) in [6.45, 7) is 4.65. The van der Waals surface area contributed by atoms with Crippen molar-refractivity contribution in [1.82, 2.24) is 0 Å². The van der Waals surface area contributed by atoms with Crippen LogP contribution < -0.4 is 4.90 Å². The van der Waals surface area contributed by atoms with Crippen molar-refractivity contribution in [1.29, 1.82) is 0 Å². The van der Waals surface area contributed by atoms with Crippen molar-refractivity contribution in [2.45, 2.75) is 39.5 Å². The Balaban J connectivity index is 1.88. The number of hydrogen-bond acceptors (Lipinski definition) is 3. The van der Waals surface area contributed by atoms with E-state index in [4.69, 9.17) is 4.74 Å². The number of esters is 1. The number of para-hydroxylation sites is 1. The molecule has 0 unspecified atom stereocenters. The Bertz CT molecular complexity index is 511. The molecular formula is C17H23NO3. The molecule has 0 aliphatic carbocycles. The first-order valence-corrected chi connectivity index (χ1v) is 7.62. The highest BCUT2D eigenvalue weighted by molar-refractivity contribution is 5.96. The van der Waals surface area contributed by atoms with Crippen LogP contribution in [0.3, 0.4) is 0 Å². The molecule has 21 heavy (non-hydrogen) atoms. The van der Waals surface area contributed by atoms with Crippen LogP contribution >= 0.6 is 0 Å². The summed E-state index contributed by atoms with van der Waals surface area (Å²) in [5.74, 6) is 0.0321. The molecule has 1 aliphatic rings. The zero-order valence-corrected chi connectivity index (χ0v) is 12.8. The van der Waals surface area contributed by atoms with E-state index in [9.17, 15) is 9.59 Å². The minimum Gasteiger partial charge on any atom is -0.456 e. The number of benzene rings is 1. The molecule has 114 valence electrons. The van der Waals surface area contributed by atoms with Gasteiger partial charge in [-0.3, -0.25) is 9.59 Å². The van der Waals surface area contributed by atoms with Gasteiger partial charge in [-0.1, -0.05) is 32.0 Å². The second-order valence-electron chi connectivity index (χ2n) is 5.87. The van der Waals surface area contributed by atoms with Gasteiger partial charge >= 0.3 is 5.97 Å². The first-order valence-electron chi connectivity index (χ1n) is 7.62. The summed E-state index contributed by atoms with van der Waals surface area (Å²) in [6, 6.07) is 7.91. The number of aryl methyl sites for hydroxylation is 1. The maximum absolute atomic E-state index is 12.3. The van der Waals surface area contributed by atoms with E-state index in [0.29, 0.717) is 18.9 Å². The van der Waals surface area contributed by atoms with Gasteiger partial charge in [-0.25, -0.2) is 0 Å². The number of amides is 1. The number of ether oxygens (including phenoxy) is 1. The Morgan fingerprint density at radius 2 is 2.05 bits per heavy atom. The first-order chi connectivity index (χ1) is 10.1. The molecule has 1 aliphatic heterocycles. The molecule has 4 heteroatoms. The van der Waals surface area contributed by atoms with Gasteiger partial charge in [-0.2, -0.15) is 0 Å². The van der Waals surface area contributed by atoms with Crippen LogP contribution in [0.5, 0.6) is 0 Å².